The summed E-state index contributed by atoms with van der Waals surface area (Å²) in [5.74, 6) is 0.440. The van der Waals surface area contributed by atoms with Crippen LogP contribution in [-0.4, -0.2) is 10.9 Å². The highest BCUT2D eigenvalue weighted by Gasteiger charge is 2.03. The van der Waals surface area contributed by atoms with Crippen LogP contribution in [0, 0.1) is 0 Å². The molecule has 0 atom stereocenters. The Morgan fingerprint density at radius 2 is 2.05 bits per heavy atom. The highest BCUT2D eigenvalue weighted by Crippen LogP contribution is 2.28. The summed E-state index contributed by atoms with van der Waals surface area (Å²) in [6.07, 6.45) is 2.03. The van der Waals surface area contributed by atoms with Crippen molar-refractivity contribution < 1.29 is 4.79 Å². The first kappa shape index (κ1) is 14.6. The molecule has 0 aliphatic carbocycles. The number of benzene rings is 1. The number of hydrogen-bond donors (Lipinski definition) is 2. The second-order valence-electron chi connectivity index (χ2n) is 4.08. The van der Waals surface area contributed by atoms with E-state index in [1.807, 2.05) is 0 Å². The minimum absolute atomic E-state index is 0.0731. The smallest absolute Gasteiger partial charge is 0.225 e. The molecule has 0 aliphatic heterocycles. The largest absolute Gasteiger partial charge is 0.353 e. The molecule has 1 heterocycles. The molecule has 2 rings (SSSR count). The number of halogens is 2. The van der Waals surface area contributed by atoms with Gasteiger partial charge in [0.1, 0.15) is 5.82 Å². The zero-order valence-electron chi connectivity index (χ0n) is 10.8. The van der Waals surface area contributed by atoms with Gasteiger partial charge in [-0.25, -0.2) is 4.98 Å². The molecule has 0 fully saturated rings. The van der Waals surface area contributed by atoms with E-state index in [4.69, 9.17) is 23.2 Å². The van der Waals surface area contributed by atoms with Crippen LogP contribution >= 0.6 is 23.2 Å². The summed E-state index contributed by atoms with van der Waals surface area (Å²) < 4.78 is 0. The van der Waals surface area contributed by atoms with Gasteiger partial charge in [-0.2, -0.15) is 0 Å². The van der Waals surface area contributed by atoms with Crippen molar-refractivity contribution in [3.8, 4) is 0 Å². The van der Waals surface area contributed by atoms with Gasteiger partial charge in [0, 0.05) is 11.4 Å². The zero-order chi connectivity index (χ0) is 14.5. The maximum Gasteiger partial charge on any atom is 0.225 e. The fourth-order valence-corrected chi connectivity index (χ4v) is 1.86. The summed E-state index contributed by atoms with van der Waals surface area (Å²) in [5, 5.41) is 6.96. The van der Waals surface area contributed by atoms with Crippen molar-refractivity contribution in [1.82, 2.24) is 4.98 Å². The molecule has 0 aliphatic rings. The molecular formula is C14H13Cl2N3O. The van der Waals surface area contributed by atoms with Crippen LogP contribution in [0.1, 0.15) is 13.3 Å². The predicted molar refractivity (Wildman–Crippen MR) is 82.9 cm³/mol. The Balaban J connectivity index is 2.10. The van der Waals surface area contributed by atoms with Gasteiger partial charge in [-0.15, -0.1) is 0 Å². The number of nitrogens with one attached hydrogen (secondary N) is 2. The number of carbonyl (C=O) groups excluding carboxylic acids is 1. The van der Waals surface area contributed by atoms with Gasteiger partial charge in [-0.05, 0) is 30.3 Å². The van der Waals surface area contributed by atoms with Crippen molar-refractivity contribution >= 4 is 46.3 Å². The number of aromatic nitrogens is 1. The van der Waals surface area contributed by atoms with Crippen LogP contribution in [0.2, 0.25) is 10.0 Å². The van der Waals surface area contributed by atoms with Gasteiger partial charge in [0.15, 0.2) is 0 Å². The minimum atomic E-state index is -0.0731. The second kappa shape index (κ2) is 6.59. The summed E-state index contributed by atoms with van der Waals surface area (Å²) in [7, 11) is 0. The van der Waals surface area contributed by atoms with E-state index < -0.39 is 0 Å². The Morgan fingerprint density at radius 3 is 2.70 bits per heavy atom. The van der Waals surface area contributed by atoms with Crippen LogP contribution in [0.4, 0.5) is 17.2 Å². The molecule has 0 bridgehead atoms. The van der Waals surface area contributed by atoms with E-state index in [-0.39, 0.29) is 5.91 Å². The fraction of sp³-hybridized carbons (Fsp3) is 0.143. The predicted octanol–water partition coefficient (Wildman–Crippen LogP) is 4.48. The third kappa shape index (κ3) is 3.85. The van der Waals surface area contributed by atoms with Crippen molar-refractivity contribution in [3.63, 3.8) is 0 Å². The summed E-state index contributed by atoms with van der Waals surface area (Å²) in [6, 6.07) is 8.69. The number of rotatable bonds is 4. The summed E-state index contributed by atoms with van der Waals surface area (Å²) in [6.45, 7) is 1.78. The molecule has 2 N–H and O–H groups in total. The highest BCUT2D eigenvalue weighted by molar-refractivity contribution is 6.35. The average Bonchev–Trinajstić information content (AvgIpc) is 2.45. The van der Waals surface area contributed by atoms with Crippen molar-refractivity contribution in [3.05, 3.63) is 46.6 Å². The monoisotopic (exact) mass is 309 g/mol. The van der Waals surface area contributed by atoms with Crippen LogP contribution < -0.4 is 10.6 Å². The Bertz CT molecular complexity index is 614. The summed E-state index contributed by atoms with van der Waals surface area (Å²) in [5.41, 5.74) is 1.45. The summed E-state index contributed by atoms with van der Waals surface area (Å²) >= 11 is 12.0. The lowest BCUT2D eigenvalue weighted by atomic mass is 10.3. The molecule has 2 aromatic rings. The number of amides is 1. The van der Waals surface area contributed by atoms with Crippen LogP contribution in [-0.2, 0) is 4.79 Å². The number of anilines is 3. The molecule has 104 valence electrons. The van der Waals surface area contributed by atoms with Gasteiger partial charge < -0.3 is 10.6 Å². The Morgan fingerprint density at radius 1 is 1.25 bits per heavy atom. The molecular weight excluding hydrogens is 297 g/mol. The summed E-state index contributed by atoms with van der Waals surface area (Å²) in [4.78, 5) is 15.4. The van der Waals surface area contributed by atoms with Gasteiger partial charge in [-0.3, -0.25) is 4.79 Å². The molecule has 1 amide bonds. The van der Waals surface area contributed by atoms with E-state index in [1.54, 1.807) is 43.5 Å². The Hall–Kier alpha value is -1.78. The fourth-order valence-electron chi connectivity index (χ4n) is 1.52. The SMILES string of the molecule is CCC(=O)Nc1ccc(Nc2cc(Cl)ccc2Cl)cn1. The van der Waals surface area contributed by atoms with E-state index in [1.165, 1.54) is 0 Å². The van der Waals surface area contributed by atoms with Crippen molar-refractivity contribution in [1.29, 1.82) is 0 Å². The van der Waals surface area contributed by atoms with E-state index >= 15 is 0 Å². The van der Waals surface area contributed by atoms with E-state index in [0.717, 1.165) is 5.69 Å². The molecule has 6 heteroatoms. The third-order valence-corrected chi connectivity index (χ3v) is 3.12. The van der Waals surface area contributed by atoms with Crippen LogP contribution in [0.15, 0.2) is 36.5 Å². The first-order valence-corrected chi connectivity index (χ1v) is 6.82. The van der Waals surface area contributed by atoms with Crippen LogP contribution in [0.3, 0.4) is 0 Å². The maximum absolute atomic E-state index is 11.2. The lowest BCUT2D eigenvalue weighted by Gasteiger charge is -2.09. The van der Waals surface area contributed by atoms with Crippen molar-refractivity contribution in [2.24, 2.45) is 0 Å². The lowest BCUT2D eigenvalue weighted by Crippen LogP contribution is -2.10. The standard InChI is InChI=1S/C14H13Cl2N3O/c1-2-14(20)19-13-6-4-10(8-17-13)18-12-7-9(15)3-5-11(12)16/h3-8,18H,2H2,1H3,(H,17,19,20). The lowest BCUT2D eigenvalue weighted by molar-refractivity contribution is -0.115. The van der Waals surface area contributed by atoms with Gasteiger partial charge >= 0.3 is 0 Å². The first-order chi connectivity index (χ1) is 9.58. The zero-order valence-corrected chi connectivity index (χ0v) is 12.3. The van der Waals surface area contributed by atoms with Crippen molar-refractivity contribution in [2.75, 3.05) is 10.6 Å². The maximum atomic E-state index is 11.2. The average molecular weight is 310 g/mol. The normalized spacial score (nSPS) is 10.2. The molecule has 1 aromatic carbocycles. The molecule has 0 saturated heterocycles. The van der Waals surface area contributed by atoms with Gasteiger partial charge in [0.25, 0.3) is 0 Å². The second-order valence-corrected chi connectivity index (χ2v) is 4.93. The minimum Gasteiger partial charge on any atom is -0.353 e. The third-order valence-electron chi connectivity index (χ3n) is 2.56. The van der Waals surface area contributed by atoms with Gasteiger partial charge in [0.05, 0.1) is 22.6 Å². The first-order valence-electron chi connectivity index (χ1n) is 6.06. The quantitative estimate of drug-likeness (QED) is 0.875. The van der Waals surface area contributed by atoms with Crippen molar-refractivity contribution in [2.45, 2.75) is 13.3 Å². The van der Waals surface area contributed by atoms with Gasteiger partial charge in [0.2, 0.25) is 5.91 Å². The van der Waals surface area contributed by atoms with Crippen LogP contribution in [0.25, 0.3) is 0 Å². The number of hydrogen-bond acceptors (Lipinski definition) is 3. The van der Waals surface area contributed by atoms with E-state index in [0.29, 0.717) is 28.0 Å². The molecule has 0 saturated carbocycles. The number of nitrogens with zero attached hydrogens (tertiary/aromatic N) is 1. The number of pyridine rings is 1. The Kier molecular flexibility index (Phi) is 4.82. The molecule has 20 heavy (non-hydrogen) atoms. The highest BCUT2D eigenvalue weighted by atomic mass is 35.5. The number of carbonyl (C=O) groups is 1. The molecule has 0 spiro atoms. The van der Waals surface area contributed by atoms with E-state index in [9.17, 15) is 4.79 Å². The molecule has 1 aromatic heterocycles. The topological polar surface area (TPSA) is 54.0 Å². The molecule has 0 radical (unpaired) electrons. The van der Waals surface area contributed by atoms with Gasteiger partial charge in [-0.1, -0.05) is 30.1 Å². The molecule has 0 unspecified atom stereocenters. The molecule has 4 nitrogen and oxygen atoms in total. The van der Waals surface area contributed by atoms with E-state index in [2.05, 4.69) is 15.6 Å². The Labute approximate surface area is 127 Å². The van der Waals surface area contributed by atoms with Crippen LogP contribution in [0.5, 0.6) is 0 Å².